The molecule has 0 saturated heterocycles. The molecule has 158 valence electrons. The highest BCUT2D eigenvalue weighted by molar-refractivity contribution is 5.88. The van der Waals surface area contributed by atoms with Crippen LogP contribution in [0.15, 0.2) is 61.6 Å². The number of hydrazine groups is 1. The predicted molar refractivity (Wildman–Crippen MR) is 113 cm³/mol. The number of hydrogen-bond donors (Lipinski definition) is 2. The number of carbonyl (C=O) groups is 1. The van der Waals surface area contributed by atoms with Gasteiger partial charge in [-0.05, 0) is 25.5 Å². The van der Waals surface area contributed by atoms with Gasteiger partial charge in [0.2, 0.25) is 0 Å². The molecule has 31 heavy (non-hydrogen) atoms. The number of nitrogens with one attached hydrogen (secondary N) is 1. The van der Waals surface area contributed by atoms with Crippen LogP contribution < -0.4 is 11.3 Å². The molecule has 0 spiro atoms. The van der Waals surface area contributed by atoms with Crippen LogP contribution in [0.2, 0.25) is 0 Å². The highest BCUT2D eigenvalue weighted by atomic mass is 16.5. The van der Waals surface area contributed by atoms with Crippen LogP contribution in [-0.4, -0.2) is 47.3 Å². The van der Waals surface area contributed by atoms with Crippen LogP contribution in [0.5, 0.6) is 0 Å². The molecule has 0 aliphatic carbocycles. The number of nitrogens with zero attached hydrogens (tertiary/aromatic N) is 7. The Balaban J connectivity index is 0.000000287. The smallest absolute Gasteiger partial charge is 0.358 e. The lowest BCUT2D eigenvalue weighted by Crippen LogP contribution is -2.07. The molecule has 0 saturated carbocycles. The lowest BCUT2D eigenvalue weighted by Gasteiger charge is -2.05. The molecule has 0 radical (unpaired) electrons. The van der Waals surface area contributed by atoms with E-state index in [1.165, 1.54) is 4.68 Å². The monoisotopic (exact) mass is 419 g/mol. The van der Waals surface area contributed by atoms with Crippen molar-refractivity contribution in [1.29, 1.82) is 0 Å². The molecule has 4 aromatic rings. The molecule has 3 N–H and O–H groups in total. The van der Waals surface area contributed by atoms with E-state index in [1.54, 1.807) is 56.4 Å². The highest BCUT2D eigenvalue weighted by Gasteiger charge is 2.18. The van der Waals surface area contributed by atoms with Crippen LogP contribution >= 0.6 is 0 Å². The van der Waals surface area contributed by atoms with Crippen molar-refractivity contribution in [2.75, 3.05) is 12.0 Å². The first kappa shape index (κ1) is 21.5. The average Bonchev–Trinajstić information content (AvgIpc) is 3.27. The quantitative estimate of drug-likeness (QED) is 0.279. The molecule has 0 unspecified atom stereocenters. The molecule has 4 aromatic heterocycles. The van der Waals surface area contributed by atoms with Gasteiger partial charge in [0.25, 0.3) is 0 Å². The standard InChI is InChI=1S/C16H15N5O2.C4H6N4/c1-3-23-16(22)13-8-14(12-5-4-11(2)9-19-12)21(20-13)15-10-17-6-7-18-15;5-8-4-3-6-1-2-7-4/h4-10H,3H2,1-2H3;1-3H,5H2,(H,7,8). The van der Waals surface area contributed by atoms with Gasteiger partial charge in [-0.1, -0.05) is 6.07 Å². The van der Waals surface area contributed by atoms with Gasteiger partial charge in [-0.15, -0.1) is 0 Å². The van der Waals surface area contributed by atoms with Crippen LogP contribution in [0, 0.1) is 6.92 Å². The summed E-state index contributed by atoms with van der Waals surface area (Å²) in [5, 5.41) is 4.30. The van der Waals surface area contributed by atoms with E-state index in [2.05, 4.69) is 35.4 Å². The number of hydrogen-bond acceptors (Lipinski definition) is 10. The van der Waals surface area contributed by atoms with E-state index in [-0.39, 0.29) is 12.3 Å². The Bertz CT molecular complexity index is 1100. The first-order valence-electron chi connectivity index (χ1n) is 9.31. The van der Waals surface area contributed by atoms with Gasteiger partial charge < -0.3 is 10.2 Å². The van der Waals surface area contributed by atoms with Gasteiger partial charge in [-0.3, -0.25) is 15.0 Å². The van der Waals surface area contributed by atoms with Crippen LogP contribution in [0.4, 0.5) is 5.82 Å². The van der Waals surface area contributed by atoms with Gasteiger partial charge in [0, 0.05) is 37.1 Å². The number of nitrogen functional groups attached to an aromatic ring is 1. The van der Waals surface area contributed by atoms with Crippen molar-refractivity contribution < 1.29 is 9.53 Å². The molecule has 0 aromatic carbocycles. The maximum Gasteiger partial charge on any atom is 0.358 e. The molecule has 0 amide bonds. The normalized spacial score (nSPS) is 10.0. The van der Waals surface area contributed by atoms with E-state index >= 15 is 0 Å². The third-order valence-corrected chi connectivity index (χ3v) is 3.85. The third-order valence-electron chi connectivity index (χ3n) is 3.85. The number of nitrogens with two attached hydrogens (primary N) is 1. The number of aromatic nitrogens is 7. The molecule has 0 aliphatic heterocycles. The van der Waals surface area contributed by atoms with E-state index in [4.69, 9.17) is 10.6 Å². The van der Waals surface area contributed by atoms with Crippen molar-refractivity contribution in [2.45, 2.75) is 13.8 Å². The summed E-state index contributed by atoms with van der Waals surface area (Å²) in [6.07, 6.45) is 11.2. The minimum Gasteiger partial charge on any atom is -0.461 e. The molecule has 4 heterocycles. The molecule has 0 fully saturated rings. The van der Waals surface area contributed by atoms with Crippen molar-refractivity contribution in [1.82, 2.24) is 34.7 Å². The van der Waals surface area contributed by atoms with Gasteiger partial charge in [-0.2, -0.15) is 5.10 Å². The summed E-state index contributed by atoms with van der Waals surface area (Å²) in [5.74, 6) is 5.59. The second-order valence-corrected chi connectivity index (χ2v) is 6.07. The summed E-state index contributed by atoms with van der Waals surface area (Å²) in [7, 11) is 0. The van der Waals surface area contributed by atoms with Gasteiger partial charge in [-0.25, -0.2) is 25.3 Å². The van der Waals surface area contributed by atoms with E-state index in [9.17, 15) is 4.79 Å². The molecule has 11 nitrogen and oxygen atoms in total. The van der Waals surface area contributed by atoms with Gasteiger partial charge in [0.1, 0.15) is 0 Å². The first-order valence-corrected chi connectivity index (χ1v) is 9.31. The fraction of sp³-hybridized carbons (Fsp3) is 0.150. The summed E-state index contributed by atoms with van der Waals surface area (Å²) in [6, 6.07) is 5.46. The number of aryl methyl sites for hydroxylation is 1. The zero-order chi connectivity index (χ0) is 22.1. The SMILES string of the molecule is CCOC(=O)c1cc(-c2ccc(C)cn2)n(-c2cnccn2)n1.NNc1cnccn1. The van der Waals surface area contributed by atoms with Gasteiger partial charge in [0.05, 0.1) is 30.4 Å². The van der Waals surface area contributed by atoms with Crippen LogP contribution in [0.1, 0.15) is 23.0 Å². The Morgan fingerprint density at radius 2 is 1.84 bits per heavy atom. The van der Waals surface area contributed by atoms with Crippen molar-refractivity contribution in [3.8, 4) is 17.2 Å². The van der Waals surface area contributed by atoms with Gasteiger partial charge in [0.15, 0.2) is 17.3 Å². The first-order chi connectivity index (χ1) is 15.1. The number of rotatable bonds is 5. The summed E-state index contributed by atoms with van der Waals surface area (Å²) in [6.45, 7) is 4.00. The van der Waals surface area contributed by atoms with Crippen LogP contribution in [0.25, 0.3) is 17.2 Å². The zero-order valence-electron chi connectivity index (χ0n) is 17.0. The second-order valence-electron chi connectivity index (χ2n) is 6.07. The average molecular weight is 419 g/mol. The topological polar surface area (TPSA) is 147 Å². The number of esters is 1. The van der Waals surface area contributed by atoms with Gasteiger partial charge >= 0.3 is 5.97 Å². The van der Waals surface area contributed by atoms with Crippen molar-refractivity contribution in [3.63, 3.8) is 0 Å². The van der Waals surface area contributed by atoms with E-state index < -0.39 is 5.97 Å². The summed E-state index contributed by atoms with van der Waals surface area (Å²) < 4.78 is 6.55. The zero-order valence-corrected chi connectivity index (χ0v) is 17.0. The Labute approximate surface area is 178 Å². The van der Waals surface area contributed by atoms with Crippen molar-refractivity contribution in [2.24, 2.45) is 5.84 Å². The maximum absolute atomic E-state index is 12.0. The largest absolute Gasteiger partial charge is 0.461 e. The van der Waals surface area contributed by atoms with E-state index in [0.29, 0.717) is 23.0 Å². The summed E-state index contributed by atoms with van der Waals surface area (Å²) in [4.78, 5) is 32.2. The predicted octanol–water partition coefficient (Wildman–Crippen LogP) is 1.97. The molecular weight excluding hydrogens is 398 g/mol. The Kier molecular flexibility index (Phi) is 7.27. The van der Waals surface area contributed by atoms with Crippen molar-refractivity contribution in [3.05, 3.63) is 72.8 Å². The Morgan fingerprint density at radius 3 is 2.39 bits per heavy atom. The Hall–Kier alpha value is -4.25. The Morgan fingerprint density at radius 1 is 1.06 bits per heavy atom. The molecule has 11 heteroatoms. The molecule has 4 rings (SSSR count). The number of ether oxygens (including phenoxy) is 1. The van der Waals surface area contributed by atoms with Crippen LogP contribution in [0.3, 0.4) is 0 Å². The highest BCUT2D eigenvalue weighted by Crippen LogP contribution is 2.22. The minimum atomic E-state index is -0.483. The fourth-order valence-electron chi connectivity index (χ4n) is 2.44. The van der Waals surface area contributed by atoms with Crippen molar-refractivity contribution >= 4 is 11.8 Å². The molecule has 0 bridgehead atoms. The van der Waals surface area contributed by atoms with E-state index in [0.717, 1.165) is 5.56 Å². The second kappa shape index (κ2) is 10.5. The van der Waals surface area contributed by atoms with Crippen LogP contribution in [-0.2, 0) is 4.74 Å². The lowest BCUT2D eigenvalue weighted by molar-refractivity contribution is 0.0519. The third kappa shape index (κ3) is 5.64. The molecule has 0 aliphatic rings. The summed E-state index contributed by atoms with van der Waals surface area (Å²) >= 11 is 0. The molecular formula is C20H21N9O2. The number of anilines is 1. The summed E-state index contributed by atoms with van der Waals surface area (Å²) in [5.41, 5.74) is 4.93. The van der Waals surface area contributed by atoms with E-state index in [1.807, 2.05) is 19.1 Å². The number of carbonyl (C=O) groups excluding carboxylic acids is 1. The fourth-order valence-corrected chi connectivity index (χ4v) is 2.44. The number of pyridine rings is 1. The minimum absolute atomic E-state index is 0.204. The maximum atomic E-state index is 12.0. The molecule has 0 atom stereocenters. The lowest BCUT2D eigenvalue weighted by atomic mass is 10.2.